The van der Waals surface area contributed by atoms with Crippen LogP contribution in [-0.2, 0) is 6.42 Å². The molecule has 0 aliphatic rings. The highest BCUT2D eigenvalue weighted by Gasteiger charge is 2.05. The normalized spacial score (nSPS) is 10.6. The van der Waals surface area contributed by atoms with Crippen molar-refractivity contribution in [2.45, 2.75) is 20.3 Å². The van der Waals surface area contributed by atoms with Crippen molar-refractivity contribution in [1.29, 1.82) is 0 Å². The van der Waals surface area contributed by atoms with E-state index in [-0.39, 0.29) is 0 Å². The highest BCUT2D eigenvalue weighted by molar-refractivity contribution is 5.88. The van der Waals surface area contributed by atoms with Gasteiger partial charge in [0.2, 0.25) is 5.88 Å². The van der Waals surface area contributed by atoms with Gasteiger partial charge in [0.05, 0.1) is 7.11 Å². The molecule has 0 atom stereocenters. The Morgan fingerprint density at radius 3 is 2.73 bits per heavy atom. The minimum Gasteiger partial charge on any atom is -0.481 e. The minimum absolute atomic E-state index is 0.695. The zero-order valence-electron chi connectivity index (χ0n) is 9.37. The third-order valence-electron chi connectivity index (χ3n) is 2.72. The molecule has 2 aromatic rings. The molecule has 2 heteroatoms. The lowest BCUT2D eigenvalue weighted by atomic mass is 10.0. The van der Waals surface area contributed by atoms with Gasteiger partial charge in [-0.25, -0.2) is 4.98 Å². The number of rotatable bonds is 2. The zero-order chi connectivity index (χ0) is 10.8. The second kappa shape index (κ2) is 3.89. The van der Waals surface area contributed by atoms with Crippen LogP contribution in [0.4, 0.5) is 0 Å². The lowest BCUT2D eigenvalue weighted by Crippen LogP contribution is -1.93. The first-order valence-electron chi connectivity index (χ1n) is 5.19. The number of aromatic nitrogens is 1. The lowest BCUT2D eigenvalue weighted by Gasteiger charge is -2.08. The Morgan fingerprint density at radius 2 is 2.07 bits per heavy atom. The van der Waals surface area contributed by atoms with E-state index in [1.54, 1.807) is 7.11 Å². The first-order valence-corrected chi connectivity index (χ1v) is 5.19. The van der Waals surface area contributed by atoms with E-state index in [1.165, 1.54) is 16.3 Å². The Balaban J connectivity index is 2.79. The van der Waals surface area contributed by atoms with Crippen LogP contribution in [0.25, 0.3) is 10.8 Å². The number of pyridine rings is 1. The summed E-state index contributed by atoms with van der Waals surface area (Å²) in [5.74, 6) is 0.695. The fourth-order valence-corrected chi connectivity index (χ4v) is 1.89. The van der Waals surface area contributed by atoms with Gasteiger partial charge in [-0.05, 0) is 24.3 Å². The number of methoxy groups -OCH3 is 1. The van der Waals surface area contributed by atoms with Gasteiger partial charge in [0.1, 0.15) is 0 Å². The van der Waals surface area contributed by atoms with E-state index in [9.17, 15) is 0 Å². The molecule has 1 aromatic carbocycles. The summed E-state index contributed by atoms with van der Waals surface area (Å²) in [6.45, 7) is 4.18. The van der Waals surface area contributed by atoms with Crippen LogP contribution < -0.4 is 4.74 Å². The summed E-state index contributed by atoms with van der Waals surface area (Å²) in [5, 5.41) is 2.47. The maximum atomic E-state index is 5.19. The molecule has 0 saturated heterocycles. The molecule has 0 radical (unpaired) electrons. The Bertz CT molecular complexity index is 491. The van der Waals surface area contributed by atoms with Gasteiger partial charge >= 0.3 is 0 Å². The molecular formula is C13H15NO. The average molecular weight is 201 g/mol. The molecule has 2 nitrogen and oxygen atoms in total. The zero-order valence-corrected chi connectivity index (χ0v) is 9.37. The number of hydrogen-bond acceptors (Lipinski definition) is 2. The maximum absolute atomic E-state index is 5.19. The summed E-state index contributed by atoms with van der Waals surface area (Å²) in [4.78, 5) is 4.37. The Labute approximate surface area is 89.9 Å². The Kier molecular flexibility index (Phi) is 2.58. The van der Waals surface area contributed by atoms with Crippen molar-refractivity contribution in [3.05, 3.63) is 35.5 Å². The lowest BCUT2D eigenvalue weighted by molar-refractivity contribution is 0.398. The fourth-order valence-electron chi connectivity index (χ4n) is 1.89. The molecule has 0 spiro atoms. The number of nitrogens with zero attached hydrogens (tertiary/aromatic N) is 1. The molecule has 0 saturated carbocycles. The number of benzene rings is 1. The van der Waals surface area contributed by atoms with Crippen LogP contribution in [0, 0.1) is 6.92 Å². The molecule has 1 heterocycles. The Morgan fingerprint density at radius 1 is 1.27 bits per heavy atom. The van der Waals surface area contributed by atoms with Gasteiger partial charge in [-0.2, -0.15) is 0 Å². The summed E-state index contributed by atoms with van der Waals surface area (Å²) < 4.78 is 5.19. The molecule has 1 aromatic heterocycles. The number of fused-ring (bicyclic) bond motifs is 1. The third kappa shape index (κ3) is 1.67. The summed E-state index contributed by atoms with van der Waals surface area (Å²) >= 11 is 0. The molecule has 0 fully saturated rings. The molecule has 0 bridgehead atoms. The van der Waals surface area contributed by atoms with E-state index in [2.05, 4.69) is 30.1 Å². The highest BCUT2D eigenvalue weighted by Crippen LogP contribution is 2.25. The van der Waals surface area contributed by atoms with Crippen LogP contribution in [0.2, 0.25) is 0 Å². The van der Waals surface area contributed by atoms with Crippen LogP contribution in [0.15, 0.2) is 24.3 Å². The van der Waals surface area contributed by atoms with Crippen LogP contribution in [0.1, 0.15) is 18.2 Å². The quantitative estimate of drug-likeness (QED) is 0.744. The van der Waals surface area contributed by atoms with Gasteiger partial charge in [0, 0.05) is 17.1 Å². The predicted octanol–water partition coefficient (Wildman–Crippen LogP) is 3.11. The monoisotopic (exact) mass is 201 g/mol. The number of hydrogen-bond donors (Lipinski definition) is 0. The first kappa shape index (κ1) is 9.97. The smallest absolute Gasteiger partial charge is 0.213 e. The van der Waals surface area contributed by atoms with Crippen molar-refractivity contribution in [2.24, 2.45) is 0 Å². The highest BCUT2D eigenvalue weighted by atomic mass is 16.5. The predicted molar refractivity (Wildman–Crippen MR) is 62.4 cm³/mol. The standard InChI is InChI=1S/C13H15NO/c1-4-10-6-5-7-11-9(2)14-13(15-3)8-12(10)11/h5-8H,4H2,1-3H3. The van der Waals surface area contributed by atoms with Crippen LogP contribution in [0.5, 0.6) is 5.88 Å². The summed E-state index contributed by atoms with van der Waals surface area (Å²) in [6, 6.07) is 8.36. The van der Waals surface area contributed by atoms with E-state index in [0.29, 0.717) is 5.88 Å². The van der Waals surface area contributed by atoms with Crippen LogP contribution in [0.3, 0.4) is 0 Å². The molecule has 0 amide bonds. The van der Waals surface area contributed by atoms with E-state index >= 15 is 0 Å². The second-order valence-electron chi connectivity index (χ2n) is 3.62. The summed E-state index contributed by atoms with van der Waals surface area (Å²) in [6.07, 6.45) is 1.03. The van der Waals surface area contributed by atoms with E-state index in [1.807, 2.05) is 13.0 Å². The van der Waals surface area contributed by atoms with Crippen molar-refractivity contribution in [3.8, 4) is 5.88 Å². The first-order chi connectivity index (χ1) is 7.26. The van der Waals surface area contributed by atoms with Crippen LogP contribution >= 0.6 is 0 Å². The number of aryl methyl sites for hydroxylation is 2. The maximum Gasteiger partial charge on any atom is 0.213 e. The molecular weight excluding hydrogens is 186 g/mol. The van der Waals surface area contributed by atoms with Gasteiger partial charge < -0.3 is 4.74 Å². The van der Waals surface area contributed by atoms with Crippen molar-refractivity contribution >= 4 is 10.8 Å². The van der Waals surface area contributed by atoms with Gasteiger partial charge in [0.15, 0.2) is 0 Å². The number of ether oxygens (including phenoxy) is 1. The largest absolute Gasteiger partial charge is 0.481 e. The molecule has 0 N–H and O–H groups in total. The molecule has 15 heavy (non-hydrogen) atoms. The average Bonchev–Trinajstić information content (AvgIpc) is 2.28. The SMILES string of the molecule is CCc1cccc2c(C)nc(OC)cc12. The Hall–Kier alpha value is -1.57. The van der Waals surface area contributed by atoms with E-state index in [0.717, 1.165) is 12.1 Å². The van der Waals surface area contributed by atoms with Crippen molar-refractivity contribution in [3.63, 3.8) is 0 Å². The van der Waals surface area contributed by atoms with Gasteiger partial charge in [-0.3, -0.25) is 0 Å². The van der Waals surface area contributed by atoms with Crippen molar-refractivity contribution < 1.29 is 4.74 Å². The molecule has 0 aliphatic carbocycles. The molecule has 78 valence electrons. The molecule has 2 rings (SSSR count). The van der Waals surface area contributed by atoms with Gasteiger partial charge in [-0.15, -0.1) is 0 Å². The molecule has 0 unspecified atom stereocenters. The van der Waals surface area contributed by atoms with Crippen molar-refractivity contribution in [2.75, 3.05) is 7.11 Å². The minimum atomic E-state index is 0.695. The van der Waals surface area contributed by atoms with E-state index < -0.39 is 0 Å². The summed E-state index contributed by atoms with van der Waals surface area (Å²) in [5.41, 5.74) is 2.37. The second-order valence-corrected chi connectivity index (χ2v) is 3.62. The van der Waals surface area contributed by atoms with Crippen molar-refractivity contribution in [1.82, 2.24) is 4.98 Å². The third-order valence-corrected chi connectivity index (χ3v) is 2.72. The topological polar surface area (TPSA) is 22.1 Å². The summed E-state index contributed by atoms with van der Waals surface area (Å²) in [7, 11) is 1.65. The van der Waals surface area contributed by atoms with Gasteiger partial charge in [-0.1, -0.05) is 25.1 Å². The van der Waals surface area contributed by atoms with Gasteiger partial charge in [0.25, 0.3) is 0 Å². The van der Waals surface area contributed by atoms with E-state index in [4.69, 9.17) is 4.74 Å². The molecule has 0 aliphatic heterocycles. The van der Waals surface area contributed by atoms with Crippen LogP contribution in [-0.4, -0.2) is 12.1 Å². The fraction of sp³-hybridized carbons (Fsp3) is 0.308.